The van der Waals surface area contributed by atoms with Crippen LogP contribution in [0.25, 0.3) is 0 Å². The number of halogens is 1. The van der Waals surface area contributed by atoms with E-state index in [-0.39, 0.29) is 11.6 Å². The maximum Gasteiger partial charge on any atom is 0.193 e. The topological polar surface area (TPSA) is 29.1 Å². The highest BCUT2D eigenvalue weighted by Crippen LogP contribution is 2.19. The Morgan fingerprint density at radius 2 is 1.61 bits per heavy atom. The van der Waals surface area contributed by atoms with Crippen LogP contribution in [0.3, 0.4) is 0 Å². The molecule has 1 heterocycles. The van der Waals surface area contributed by atoms with Gasteiger partial charge in [-0.15, -0.1) is 0 Å². The van der Waals surface area contributed by atoms with Gasteiger partial charge >= 0.3 is 0 Å². The van der Waals surface area contributed by atoms with Crippen LogP contribution in [-0.4, -0.2) is 5.78 Å². The molecule has 0 aliphatic carbocycles. The van der Waals surface area contributed by atoms with E-state index >= 15 is 0 Å². The summed E-state index contributed by atoms with van der Waals surface area (Å²) < 4.78 is 12.8. The Bertz CT molecular complexity index is 604. The summed E-state index contributed by atoms with van der Waals surface area (Å²) in [6, 6.07) is 11.4. The molecule has 0 fully saturated rings. The molecule has 2 aromatic rings. The summed E-state index contributed by atoms with van der Waals surface area (Å²) in [5.74, 6) is -0.394. The fourth-order valence-corrected chi connectivity index (χ4v) is 2.20. The Kier molecular flexibility index (Phi) is 2.68. The number of hydrogen-bond donors (Lipinski definition) is 1. The van der Waals surface area contributed by atoms with Crippen molar-refractivity contribution >= 4 is 5.78 Å². The van der Waals surface area contributed by atoms with Gasteiger partial charge in [-0.25, -0.2) is 4.39 Å². The molecule has 0 radical (unpaired) electrons. The molecule has 1 aliphatic heterocycles. The number of benzene rings is 2. The standard InChI is InChI=1S/C15H12FNO/c16-14-5-3-10(4-6-14)15(18)11-1-2-12-8-17-9-13(12)7-11/h1-7,17H,8-9H2. The second kappa shape index (κ2) is 4.35. The fourth-order valence-electron chi connectivity index (χ4n) is 2.20. The van der Waals surface area contributed by atoms with Crippen LogP contribution in [0.4, 0.5) is 4.39 Å². The minimum Gasteiger partial charge on any atom is -0.309 e. The van der Waals surface area contributed by atoms with E-state index in [1.54, 1.807) is 0 Å². The SMILES string of the molecule is O=C(c1ccc(F)cc1)c1ccc2c(c1)CNC2. The summed E-state index contributed by atoms with van der Waals surface area (Å²) in [4.78, 5) is 12.2. The van der Waals surface area contributed by atoms with Gasteiger partial charge in [0.25, 0.3) is 0 Å². The summed E-state index contributed by atoms with van der Waals surface area (Å²) in [5.41, 5.74) is 3.58. The molecule has 90 valence electrons. The molecule has 2 nitrogen and oxygen atoms in total. The second-order valence-electron chi connectivity index (χ2n) is 4.42. The summed E-state index contributed by atoms with van der Waals surface area (Å²) in [6.45, 7) is 1.67. The Morgan fingerprint density at radius 3 is 2.39 bits per heavy atom. The third-order valence-corrected chi connectivity index (χ3v) is 3.21. The molecule has 3 rings (SSSR count). The van der Waals surface area contributed by atoms with Crippen LogP contribution in [0, 0.1) is 5.82 Å². The molecule has 3 heteroatoms. The van der Waals surface area contributed by atoms with Gasteiger partial charge in [-0.2, -0.15) is 0 Å². The van der Waals surface area contributed by atoms with Crippen molar-refractivity contribution in [3.63, 3.8) is 0 Å². The maximum absolute atomic E-state index is 12.8. The molecule has 1 aliphatic rings. The third kappa shape index (κ3) is 1.93. The Balaban J connectivity index is 1.95. The maximum atomic E-state index is 12.8. The molecule has 0 amide bonds. The fraction of sp³-hybridized carbons (Fsp3) is 0.133. The quantitative estimate of drug-likeness (QED) is 0.819. The van der Waals surface area contributed by atoms with E-state index in [1.165, 1.54) is 35.4 Å². The zero-order chi connectivity index (χ0) is 12.5. The molecule has 0 bridgehead atoms. The lowest BCUT2D eigenvalue weighted by molar-refractivity contribution is 0.103. The highest BCUT2D eigenvalue weighted by Gasteiger charge is 2.14. The first-order valence-corrected chi connectivity index (χ1v) is 5.87. The van der Waals surface area contributed by atoms with Gasteiger partial charge in [-0.05, 0) is 41.5 Å². The summed E-state index contributed by atoms with van der Waals surface area (Å²) in [6.07, 6.45) is 0. The van der Waals surface area contributed by atoms with E-state index in [0.717, 1.165) is 13.1 Å². The van der Waals surface area contributed by atoms with Crippen LogP contribution in [0.5, 0.6) is 0 Å². The predicted molar refractivity (Wildman–Crippen MR) is 66.8 cm³/mol. The van der Waals surface area contributed by atoms with E-state index in [4.69, 9.17) is 0 Å². The summed E-state index contributed by atoms with van der Waals surface area (Å²) in [5, 5.41) is 3.24. The normalized spacial score (nSPS) is 13.4. The van der Waals surface area contributed by atoms with Gasteiger partial charge < -0.3 is 5.32 Å². The van der Waals surface area contributed by atoms with Crippen molar-refractivity contribution in [2.75, 3.05) is 0 Å². The molecule has 0 saturated carbocycles. The molecular formula is C15H12FNO. The van der Waals surface area contributed by atoms with E-state index in [9.17, 15) is 9.18 Å². The molecular weight excluding hydrogens is 229 g/mol. The highest BCUT2D eigenvalue weighted by molar-refractivity contribution is 6.09. The smallest absolute Gasteiger partial charge is 0.193 e. The van der Waals surface area contributed by atoms with E-state index in [1.807, 2.05) is 18.2 Å². The van der Waals surface area contributed by atoms with Gasteiger partial charge in [0, 0.05) is 24.2 Å². The number of carbonyl (C=O) groups excluding carboxylic acids is 1. The number of nitrogens with one attached hydrogen (secondary N) is 1. The molecule has 0 saturated heterocycles. The third-order valence-electron chi connectivity index (χ3n) is 3.21. The van der Waals surface area contributed by atoms with Crippen molar-refractivity contribution < 1.29 is 9.18 Å². The first-order chi connectivity index (χ1) is 8.74. The largest absolute Gasteiger partial charge is 0.309 e. The minimum absolute atomic E-state index is 0.0651. The van der Waals surface area contributed by atoms with E-state index in [2.05, 4.69) is 5.32 Å². The van der Waals surface area contributed by atoms with Crippen molar-refractivity contribution in [2.24, 2.45) is 0 Å². The molecule has 0 spiro atoms. The monoisotopic (exact) mass is 241 g/mol. The van der Waals surface area contributed by atoms with Crippen molar-refractivity contribution in [3.05, 3.63) is 70.5 Å². The zero-order valence-corrected chi connectivity index (χ0v) is 9.74. The zero-order valence-electron chi connectivity index (χ0n) is 9.74. The Labute approximate surface area is 104 Å². The minimum atomic E-state index is -0.329. The Hall–Kier alpha value is -2.00. The van der Waals surface area contributed by atoms with Crippen LogP contribution < -0.4 is 5.32 Å². The molecule has 2 aromatic carbocycles. The molecule has 1 N–H and O–H groups in total. The van der Waals surface area contributed by atoms with Gasteiger partial charge in [0.05, 0.1) is 0 Å². The average Bonchev–Trinajstić information content (AvgIpc) is 2.86. The number of ketones is 1. The van der Waals surface area contributed by atoms with E-state index in [0.29, 0.717) is 11.1 Å². The lowest BCUT2D eigenvalue weighted by Gasteiger charge is -2.04. The van der Waals surface area contributed by atoms with Crippen LogP contribution in [-0.2, 0) is 13.1 Å². The summed E-state index contributed by atoms with van der Waals surface area (Å²) in [7, 11) is 0. The Morgan fingerprint density at radius 1 is 0.944 bits per heavy atom. The lowest BCUT2D eigenvalue weighted by Crippen LogP contribution is -2.02. The lowest BCUT2D eigenvalue weighted by atomic mass is 9.99. The highest BCUT2D eigenvalue weighted by atomic mass is 19.1. The van der Waals surface area contributed by atoms with Crippen molar-refractivity contribution in [1.29, 1.82) is 0 Å². The van der Waals surface area contributed by atoms with Crippen LogP contribution in [0.1, 0.15) is 27.0 Å². The first-order valence-electron chi connectivity index (χ1n) is 5.87. The van der Waals surface area contributed by atoms with Crippen LogP contribution >= 0.6 is 0 Å². The molecule has 0 atom stereocenters. The van der Waals surface area contributed by atoms with Crippen LogP contribution in [0.2, 0.25) is 0 Å². The number of fused-ring (bicyclic) bond motifs is 1. The van der Waals surface area contributed by atoms with Gasteiger partial charge in [-0.1, -0.05) is 12.1 Å². The van der Waals surface area contributed by atoms with Crippen molar-refractivity contribution in [2.45, 2.75) is 13.1 Å². The van der Waals surface area contributed by atoms with E-state index < -0.39 is 0 Å². The molecule has 0 aromatic heterocycles. The van der Waals surface area contributed by atoms with Gasteiger partial charge in [0.2, 0.25) is 0 Å². The van der Waals surface area contributed by atoms with Gasteiger partial charge in [0.1, 0.15) is 5.82 Å². The number of rotatable bonds is 2. The molecule has 18 heavy (non-hydrogen) atoms. The number of carbonyl (C=O) groups is 1. The predicted octanol–water partition coefficient (Wildman–Crippen LogP) is 2.66. The second-order valence-corrected chi connectivity index (χ2v) is 4.42. The van der Waals surface area contributed by atoms with Gasteiger partial charge in [0.15, 0.2) is 5.78 Å². The van der Waals surface area contributed by atoms with Crippen molar-refractivity contribution in [3.8, 4) is 0 Å². The number of hydrogen-bond acceptors (Lipinski definition) is 2. The van der Waals surface area contributed by atoms with Gasteiger partial charge in [-0.3, -0.25) is 4.79 Å². The molecule has 0 unspecified atom stereocenters. The van der Waals surface area contributed by atoms with Crippen molar-refractivity contribution in [1.82, 2.24) is 5.32 Å². The average molecular weight is 241 g/mol. The summed E-state index contributed by atoms with van der Waals surface area (Å²) >= 11 is 0. The van der Waals surface area contributed by atoms with Crippen LogP contribution in [0.15, 0.2) is 42.5 Å². The first kappa shape index (κ1) is 11.1.